The van der Waals surface area contributed by atoms with E-state index in [-0.39, 0.29) is 11.9 Å². The summed E-state index contributed by atoms with van der Waals surface area (Å²) in [7, 11) is 1.64. The molecule has 0 fully saturated rings. The summed E-state index contributed by atoms with van der Waals surface area (Å²) in [6.45, 7) is 6.67. The van der Waals surface area contributed by atoms with Crippen molar-refractivity contribution in [3.05, 3.63) is 53.2 Å². The van der Waals surface area contributed by atoms with Gasteiger partial charge in [0.2, 0.25) is 0 Å². The van der Waals surface area contributed by atoms with Crippen molar-refractivity contribution in [3.8, 4) is 0 Å². The topological polar surface area (TPSA) is 51.2 Å². The predicted octanol–water partition coefficient (Wildman–Crippen LogP) is 4.00. The van der Waals surface area contributed by atoms with Crippen molar-refractivity contribution in [1.82, 2.24) is 10.3 Å². The van der Waals surface area contributed by atoms with Gasteiger partial charge in [-0.1, -0.05) is 36.4 Å². The number of ether oxygens (including phenoxy) is 1. The number of carbonyl (C=O) groups excluding carboxylic acids is 1. The Morgan fingerprint density at radius 3 is 2.79 bits per heavy atom. The molecule has 4 nitrogen and oxygen atoms in total. The predicted molar refractivity (Wildman–Crippen MR) is 97.7 cm³/mol. The van der Waals surface area contributed by atoms with Crippen molar-refractivity contribution in [2.75, 3.05) is 13.7 Å². The van der Waals surface area contributed by atoms with Crippen molar-refractivity contribution in [2.45, 2.75) is 43.2 Å². The molecular weight excluding hydrogens is 320 g/mol. The molecule has 2 aromatic rings. The Bertz CT molecular complexity index is 704. The number of hydrogen-bond acceptors (Lipinski definition) is 4. The molecule has 0 saturated heterocycles. The average Bonchev–Trinajstić information content (AvgIpc) is 2.57. The van der Waals surface area contributed by atoms with Gasteiger partial charge in [0.1, 0.15) is 5.03 Å². The standard InChI is InChI=1S/C19H24N2O2S/c1-5-15(12-23-4)21-18(22)16-7-6-10-20-19(16)24-17-9-8-13(2)11-14(17)3/h6-11,15H,5,12H2,1-4H3,(H,21,22). The summed E-state index contributed by atoms with van der Waals surface area (Å²) in [5.74, 6) is -0.112. The molecule has 0 aliphatic rings. The van der Waals surface area contributed by atoms with Crippen LogP contribution in [0.2, 0.25) is 0 Å². The molecule has 0 spiro atoms. The zero-order chi connectivity index (χ0) is 17.5. The Morgan fingerprint density at radius 1 is 1.33 bits per heavy atom. The summed E-state index contributed by atoms with van der Waals surface area (Å²) in [4.78, 5) is 18.1. The number of nitrogens with zero attached hydrogens (tertiary/aromatic N) is 1. The lowest BCUT2D eigenvalue weighted by molar-refractivity contribution is 0.0891. The fraction of sp³-hybridized carbons (Fsp3) is 0.368. The van der Waals surface area contributed by atoms with Crippen LogP contribution < -0.4 is 5.32 Å². The highest BCUT2D eigenvalue weighted by Crippen LogP contribution is 2.31. The first kappa shape index (κ1) is 18.5. The molecule has 0 aliphatic carbocycles. The molecule has 24 heavy (non-hydrogen) atoms. The summed E-state index contributed by atoms with van der Waals surface area (Å²) in [5.41, 5.74) is 3.00. The molecule has 1 amide bonds. The Labute approximate surface area is 148 Å². The first-order valence-electron chi connectivity index (χ1n) is 8.05. The quantitative estimate of drug-likeness (QED) is 0.825. The minimum absolute atomic E-state index is 0.00154. The third-order valence-electron chi connectivity index (χ3n) is 3.75. The second kappa shape index (κ2) is 8.85. The zero-order valence-electron chi connectivity index (χ0n) is 14.6. The van der Waals surface area contributed by atoms with Crippen LogP contribution in [0.1, 0.15) is 34.8 Å². The van der Waals surface area contributed by atoms with Gasteiger partial charge in [-0.15, -0.1) is 0 Å². The summed E-state index contributed by atoms with van der Waals surface area (Å²) in [6, 6.07) is 9.89. The van der Waals surface area contributed by atoms with Gasteiger partial charge in [0.15, 0.2) is 0 Å². The maximum Gasteiger partial charge on any atom is 0.254 e. The molecule has 0 aliphatic heterocycles. The van der Waals surface area contributed by atoms with E-state index in [1.807, 2.05) is 13.0 Å². The number of benzene rings is 1. The number of carbonyl (C=O) groups is 1. The van der Waals surface area contributed by atoms with Crippen molar-refractivity contribution in [3.63, 3.8) is 0 Å². The fourth-order valence-electron chi connectivity index (χ4n) is 2.39. The van der Waals surface area contributed by atoms with Gasteiger partial charge in [-0.3, -0.25) is 4.79 Å². The van der Waals surface area contributed by atoms with Gasteiger partial charge in [-0.2, -0.15) is 0 Å². The second-order valence-corrected chi connectivity index (χ2v) is 6.79. The Morgan fingerprint density at radius 2 is 2.12 bits per heavy atom. The minimum atomic E-state index is -0.112. The van der Waals surface area contributed by atoms with Crippen LogP contribution in [0.15, 0.2) is 46.5 Å². The maximum absolute atomic E-state index is 12.6. The van der Waals surface area contributed by atoms with Gasteiger partial charge in [0.05, 0.1) is 18.2 Å². The monoisotopic (exact) mass is 344 g/mol. The van der Waals surface area contributed by atoms with E-state index in [9.17, 15) is 4.79 Å². The Kier molecular flexibility index (Phi) is 6.82. The smallest absolute Gasteiger partial charge is 0.254 e. The first-order chi connectivity index (χ1) is 11.5. The number of aromatic nitrogens is 1. The summed E-state index contributed by atoms with van der Waals surface area (Å²) >= 11 is 1.52. The summed E-state index contributed by atoms with van der Waals surface area (Å²) in [6.07, 6.45) is 2.54. The number of methoxy groups -OCH3 is 1. The molecule has 2 rings (SSSR count). The zero-order valence-corrected chi connectivity index (χ0v) is 15.4. The van der Waals surface area contributed by atoms with Crippen LogP contribution in [-0.2, 0) is 4.74 Å². The number of pyridine rings is 1. The van der Waals surface area contributed by atoms with Gasteiger partial charge in [-0.25, -0.2) is 4.98 Å². The van der Waals surface area contributed by atoms with E-state index in [0.717, 1.165) is 11.3 Å². The highest BCUT2D eigenvalue weighted by molar-refractivity contribution is 7.99. The molecule has 128 valence electrons. The lowest BCUT2D eigenvalue weighted by Crippen LogP contribution is -2.37. The molecule has 1 unspecified atom stereocenters. The van der Waals surface area contributed by atoms with Crippen LogP contribution in [-0.4, -0.2) is 30.6 Å². The van der Waals surface area contributed by atoms with Crippen LogP contribution in [0.25, 0.3) is 0 Å². The number of hydrogen-bond donors (Lipinski definition) is 1. The third kappa shape index (κ3) is 4.82. The average molecular weight is 344 g/mol. The number of amides is 1. The molecule has 5 heteroatoms. The van der Waals surface area contributed by atoms with E-state index in [1.165, 1.54) is 22.9 Å². The van der Waals surface area contributed by atoms with Crippen LogP contribution in [0, 0.1) is 13.8 Å². The highest BCUT2D eigenvalue weighted by atomic mass is 32.2. The lowest BCUT2D eigenvalue weighted by atomic mass is 10.2. The number of nitrogens with one attached hydrogen (secondary N) is 1. The van der Waals surface area contributed by atoms with Crippen molar-refractivity contribution >= 4 is 17.7 Å². The molecule has 0 bridgehead atoms. The SMILES string of the molecule is CCC(COC)NC(=O)c1cccnc1Sc1ccc(C)cc1C. The summed E-state index contributed by atoms with van der Waals surface area (Å²) < 4.78 is 5.15. The molecule has 0 saturated carbocycles. The van der Waals surface area contributed by atoms with Gasteiger partial charge in [-0.05, 0) is 44.0 Å². The molecule has 1 atom stereocenters. The van der Waals surface area contributed by atoms with Gasteiger partial charge < -0.3 is 10.1 Å². The molecule has 1 heterocycles. The molecule has 1 N–H and O–H groups in total. The van der Waals surface area contributed by atoms with E-state index in [1.54, 1.807) is 19.4 Å². The van der Waals surface area contributed by atoms with Crippen LogP contribution >= 0.6 is 11.8 Å². The van der Waals surface area contributed by atoms with Crippen molar-refractivity contribution in [2.24, 2.45) is 0 Å². The van der Waals surface area contributed by atoms with Crippen LogP contribution in [0.5, 0.6) is 0 Å². The number of rotatable bonds is 7. The van der Waals surface area contributed by atoms with E-state index < -0.39 is 0 Å². The van der Waals surface area contributed by atoms with Gasteiger partial charge in [0.25, 0.3) is 5.91 Å². The van der Waals surface area contributed by atoms with Crippen molar-refractivity contribution in [1.29, 1.82) is 0 Å². The number of aryl methyl sites for hydroxylation is 2. The fourth-order valence-corrected chi connectivity index (χ4v) is 3.34. The van der Waals surface area contributed by atoms with E-state index in [0.29, 0.717) is 17.2 Å². The third-order valence-corrected chi connectivity index (χ3v) is 4.95. The minimum Gasteiger partial charge on any atom is -0.383 e. The molecular formula is C19H24N2O2S. The maximum atomic E-state index is 12.6. The highest BCUT2D eigenvalue weighted by Gasteiger charge is 2.17. The van der Waals surface area contributed by atoms with Crippen molar-refractivity contribution < 1.29 is 9.53 Å². The van der Waals surface area contributed by atoms with Gasteiger partial charge >= 0.3 is 0 Å². The Balaban J connectivity index is 2.22. The van der Waals surface area contributed by atoms with E-state index in [2.05, 4.69) is 42.3 Å². The van der Waals surface area contributed by atoms with E-state index >= 15 is 0 Å². The lowest BCUT2D eigenvalue weighted by Gasteiger charge is -2.17. The van der Waals surface area contributed by atoms with Crippen LogP contribution in [0.4, 0.5) is 0 Å². The molecule has 0 radical (unpaired) electrons. The summed E-state index contributed by atoms with van der Waals surface area (Å²) in [5, 5.41) is 3.73. The second-order valence-electron chi connectivity index (χ2n) is 5.76. The molecule has 1 aromatic heterocycles. The van der Waals surface area contributed by atoms with Crippen LogP contribution in [0.3, 0.4) is 0 Å². The first-order valence-corrected chi connectivity index (χ1v) is 8.86. The normalized spacial score (nSPS) is 12.0. The molecule has 1 aromatic carbocycles. The van der Waals surface area contributed by atoms with Gasteiger partial charge in [0, 0.05) is 18.2 Å². The van der Waals surface area contributed by atoms with E-state index in [4.69, 9.17) is 4.74 Å². The Hall–Kier alpha value is -1.85. The largest absolute Gasteiger partial charge is 0.383 e.